The van der Waals surface area contributed by atoms with Gasteiger partial charge in [-0.25, -0.2) is 4.98 Å². The predicted molar refractivity (Wildman–Crippen MR) is 103 cm³/mol. The minimum Gasteiger partial charge on any atom is -0.497 e. The zero-order valence-corrected chi connectivity index (χ0v) is 15.2. The molecule has 0 saturated heterocycles. The zero-order chi connectivity index (χ0) is 18.6. The predicted octanol–water partition coefficient (Wildman–Crippen LogP) is 3.33. The molecule has 2 N–H and O–H groups in total. The number of H-pyrrole nitrogens is 1. The molecule has 0 aliphatic heterocycles. The van der Waals surface area contributed by atoms with Crippen molar-refractivity contribution in [2.24, 2.45) is 0 Å². The van der Waals surface area contributed by atoms with Crippen molar-refractivity contribution in [3.05, 3.63) is 65.5 Å². The number of amides is 1. The molecule has 138 valence electrons. The number of hydrogen-bond acceptors (Lipinski definition) is 4. The van der Waals surface area contributed by atoms with Crippen LogP contribution in [0.4, 0.5) is 0 Å². The molecule has 0 radical (unpaired) electrons. The number of rotatable bonds is 5. The number of carbonyl (C=O) groups excluding carboxylic acids is 1. The average Bonchev–Trinajstić information content (AvgIpc) is 3.26. The van der Waals surface area contributed by atoms with Gasteiger partial charge in [0.15, 0.2) is 5.82 Å². The van der Waals surface area contributed by atoms with E-state index in [1.54, 1.807) is 7.11 Å². The van der Waals surface area contributed by atoms with Crippen molar-refractivity contribution in [2.75, 3.05) is 13.7 Å². The van der Waals surface area contributed by atoms with Crippen LogP contribution >= 0.6 is 0 Å². The van der Waals surface area contributed by atoms with Crippen LogP contribution in [0.1, 0.15) is 40.2 Å². The van der Waals surface area contributed by atoms with Gasteiger partial charge >= 0.3 is 0 Å². The number of hydrogen-bond donors (Lipinski definition) is 2. The van der Waals surface area contributed by atoms with E-state index in [-0.39, 0.29) is 5.91 Å². The molecular formula is C21H22N4O2. The Hall–Kier alpha value is -3.15. The van der Waals surface area contributed by atoms with E-state index < -0.39 is 0 Å². The fourth-order valence-corrected chi connectivity index (χ4v) is 3.70. The molecular weight excluding hydrogens is 340 g/mol. The second kappa shape index (κ2) is 7.61. The second-order valence-electron chi connectivity index (χ2n) is 6.78. The molecule has 1 aromatic heterocycles. The zero-order valence-electron chi connectivity index (χ0n) is 15.2. The lowest BCUT2D eigenvalue weighted by molar-refractivity contribution is 0.0950. The molecule has 1 aliphatic rings. The first kappa shape index (κ1) is 17.3. The Kier molecular flexibility index (Phi) is 4.87. The van der Waals surface area contributed by atoms with Crippen molar-refractivity contribution in [1.29, 1.82) is 0 Å². The van der Waals surface area contributed by atoms with E-state index in [0.717, 1.165) is 30.6 Å². The van der Waals surface area contributed by atoms with E-state index in [9.17, 15) is 4.79 Å². The summed E-state index contributed by atoms with van der Waals surface area (Å²) in [5.41, 5.74) is 4.11. The number of aryl methyl sites for hydroxylation is 1. The van der Waals surface area contributed by atoms with E-state index in [2.05, 4.69) is 32.6 Å². The molecule has 0 saturated carbocycles. The second-order valence-corrected chi connectivity index (χ2v) is 6.78. The largest absolute Gasteiger partial charge is 0.497 e. The van der Waals surface area contributed by atoms with Gasteiger partial charge in [0.25, 0.3) is 5.91 Å². The van der Waals surface area contributed by atoms with Crippen molar-refractivity contribution in [1.82, 2.24) is 20.5 Å². The number of aromatic nitrogens is 3. The van der Waals surface area contributed by atoms with E-state index in [4.69, 9.17) is 4.74 Å². The van der Waals surface area contributed by atoms with Gasteiger partial charge in [0, 0.05) is 23.6 Å². The van der Waals surface area contributed by atoms with Crippen LogP contribution in [0.2, 0.25) is 0 Å². The van der Waals surface area contributed by atoms with Crippen molar-refractivity contribution in [3.8, 4) is 17.1 Å². The van der Waals surface area contributed by atoms with Gasteiger partial charge in [0.1, 0.15) is 12.1 Å². The maximum atomic E-state index is 12.6. The van der Waals surface area contributed by atoms with Gasteiger partial charge in [-0.05, 0) is 54.7 Å². The summed E-state index contributed by atoms with van der Waals surface area (Å²) >= 11 is 0. The highest BCUT2D eigenvalue weighted by atomic mass is 16.5. The number of ether oxygens (including phenoxy) is 1. The first-order valence-corrected chi connectivity index (χ1v) is 9.15. The first-order chi connectivity index (χ1) is 13.2. The smallest absolute Gasteiger partial charge is 0.251 e. The van der Waals surface area contributed by atoms with Crippen LogP contribution in [0.3, 0.4) is 0 Å². The quantitative estimate of drug-likeness (QED) is 0.730. The topological polar surface area (TPSA) is 79.9 Å². The van der Waals surface area contributed by atoms with Crippen molar-refractivity contribution >= 4 is 5.91 Å². The number of nitrogens with zero attached hydrogens (tertiary/aromatic N) is 2. The highest BCUT2D eigenvalue weighted by Crippen LogP contribution is 2.33. The summed E-state index contributed by atoms with van der Waals surface area (Å²) in [7, 11) is 1.69. The Morgan fingerprint density at radius 1 is 1.30 bits per heavy atom. The number of aromatic amines is 1. The molecule has 27 heavy (non-hydrogen) atoms. The molecule has 1 amide bonds. The molecule has 6 nitrogen and oxygen atoms in total. The molecule has 2 aromatic carbocycles. The van der Waals surface area contributed by atoms with Crippen molar-refractivity contribution in [3.63, 3.8) is 0 Å². The molecule has 0 spiro atoms. The number of methoxy groups -OCH3 is 1. The Balaban J connectivity index is 1.45. The maximum Gasteiger partial charge on any atom is 0.251 e. The van der Waals surface area contributed by atoms with Crippen LogP contribution in [-0.4, -0.2) is 34.7 Å². The minimum absolute atomic E-state index is 0.0722. The van der Waals surface area contributed by atoms with Crippen LogP contribution in [0.15, 0.2) is 48.8 Å². The lowest BCUT2D eigenvalue weighted by Gasteiger charge is -2.26. The number of nitrogens with one attached hydrogen (secondary N) is 2. The molecule has 1 atom stereocenters. The summed E-state index contributed by atoms with van der Waals surface area (Å²) in [6, 6.07) is 13.7. The third-order valence-electron chi connectivity index (χ3n) is 5.11. The van der Waals surface area contributed by atoms with Crippen LogP contribution in [-0.2, 0) is 6.42 Å². The van der Waals surface area contributed by atoms with Crippen LogP contribution in [0.25, 0.3) is 11.4 Å². The Bertz CT molecular complexity index is 937. The average molecular weight is 362 g/mol. The highest BCUT2D eigenvalue weighted by Gasteiger charge is 2.21. The van der Waals surface area contributed by atoms with Gasteiger partial charge in [-0.2, -0.15) is 5.10 Å². The normalized spacial score (nSPS) is 15.8. The molecule has 0 fully saturated rings. The fraction of sp³-hybridized carbons (Fsp3) is 0.286. The van der Waals surface area contributed by atoms with Gasteiger partial charge in [-0.15, -0.1) is 0 Å². The van der Waals surface area contributed by atoms with Crippen molar-refractivity contribution < 1.29 is 9.53 Å². The fourth-order valence-electron chi connectivity index (χ4n) is 3.70. The number of benzene rings is 2. The monoisotopic (exact) mass is 362 g/mol. The summed E-state index contributed by atoms with van der Waals surface area (Å²) in [6.07, 6.45) is 4.73. The molecule has 4 rings (SSSR count). The molecule has 3 aromatic rings. The Morgan fingerprint density at radius 3 is 3.04 bits per heavy atom. The number of carbonyl (C=O) groups is 1. The Labute approximate surface area is 158 Å². The molecule has 0 bridgehead atoms. The van der Waals surface area contributed by atoms with E-state index >= 15 is 0 Å². The van der Waals surface area contributed by atoms with Gasteiger partial charge in [-0.1, -0.05) is 18.2 Å². The molecule has 0 unspecified atom stereocenters. The van der Waals surface area contributed by atoms with Crippen LogP contribution < -0.4 is 10.1 Å². The minimum atomic E-state index is -0.0722. The van der Waals surface area contributed by atoms with E-state index in [1.165, 1.54) is 17.5 Å². The standard InChI is InChI=1S/C21H22N4O2/c1-27-18-8-9-19-14(11-18)4-2-7-17(19)12-22-21(26)16-6-3-5-15(10-16)20-23-13-24-25-20/h3,5-6,8-11,13,17H,2,4,7,12H2,1H3,(H,22,26)(H,23,24,25)/t17-/m1/s1. The summed E-state index contributed by atoms with van der Waals surface area (Å²) in [5, 5.41) is 9.77. The van der Waals surface area contributed by atoms with Crippen LogP contribution in [0.5, 0.6) is 5.75 Å². The van der Waals surface area contributed by atoms with Crippen LogP contribution in [0, 0.1) is 0 Å². The SMILES string of the molecule is COc1ccc2c(c1)CCC[C@@H]2CNC(=O)c1cccc(-c2ncn[nH]2)c1. The highest BCUT2D eigenvalue weighted by molar-refractivity contribution is 5.95. The molecule has 6 heteroatoms. The van der Waals surface area contributed by atoms with Gasteiger partial charge in [0.2, 0.25) is 0 Å². The summed E-state index contributed by atoms with van der Waals surface area (Å²) in [6.45, 7) is 0.630. The summed E-state index contributed by atoms with van der Waals surface area (Å²) in [4.78, 5) is 16.8. The number of fused-ring (bicyclic) bond motifs is 1. The lowest BCUT2D eigenvalue weighted by atomic mass is 9.82. The summed E-state index contributed by atoms with van der Waals surface area (Å²) < 4.78 is 5.33. The van der Waals surface area contributed by atoms with E-state index in [1.807, 2.05) is 30.3 Å². The third kappa shape index (κ3) is 3.69. The maximum absolute atomic E-state index is 12.6. The first-order valence-electron chi connectivity index (χ1n) is 9.15. The molecule has 1 heterocycles. The van der Waals surface area contributed by atoms with Gasteiger partial charge in [0.05, 0.1) is 7.11 Å². The molecule has 1 aliphatic carbocycles. The van der Waals surface area contributed by atoms with Gasteiger partial charge in [-0.3, -0.25) is 9.89 Å². The lowest BCUT2D eigenvalue weighted by Crippen LogP contribution is -2.30. The van der Waals surface area contributed by atoms with Gasteiger partial charge < -0.3 is 10.1 Å². The van der Waals surface area contributed by atoms with Crippen molar-refractivity contribution in [2.45, 2.75) is 25.2 Å². The third-order valence-corrected chi connectivity index (χ3v) is 5.11. The van der Waals surface area contributed by atoms with E-state index in [0.29, 0.717) is 23.9 Å². The summed E-state index contributed by atoms with van der Waals surface area (Å²) in [5.74, 6) is 1.81. The Morgan fingerprint density at radius 2 is 2.22 bits per heavy atom.